The molecule has 2 atom stereocenters. The summed E-state index contributed by atoms with van der Waals surface area (Å²) in [5.41, 5.74) is 0.881. The van der Waals surface area contributed by atoms with Crippen LogP contribution >= 0.6 is 0 Å². The molecule has 3 rings (SSSR count). The van der Waals surface area contributed by atoms with Crippen molar-refractivity contribution in [3.05, 3.63) is 54.1 Å². The van der Waals surface area contributed by atoms with Gasteiger partial charge in [0.2, 0.25) is 15.9 Å². The summed E-state index contributed by atoms with van der Waals surface area (Å²) < 4.78 is 37.9. The number of para-hydroxylation sites is 1. The first-order valence-corrected chi connectivity index (χ1v) is 11.4. The van der Waals surface area contributed by atoms with Gasteiger partial charge in [0.05, 0.1) is 31.1 Å². The van der Waals surface area contributed by atoms with Crippen molar-refractivity contribution >= 4 is 15.9 Å². The maximum atomic E-state index is 13.0. The zero-order chi connectivity index (χ0) is 21.7. The summed E-state index contributed by atoms with van der Waals surface area (Å²) in [6.07, 6.45) is 1.29. The van der Waals surface area contributed by atoms with Crippen molar-refractivity contribution in [1.82, 2.24) is 9.62 Å². The molecule has 1 N–H and O–H groups in total. The van der Waals surface area contributed by atoms with Crippen LogP contribution in [0.1, 0.15) is 31.4 Å². The molecule has 1 aliphatic heterocycles. The number of sulfonamides is 1. The molecule has 1 saturated heterocycles. The third-order valence-corrected chi connectivity index (χ3v) is 7.30. The van der Waals surface area contributed by atoms with E-state index >= 15 is 0 Å². The molecule has 7 nitrogen and oxygen atoms in total. The predicted octanol–water partition coefficient (Wildman–Crippen LogP) is 2.98. The average Bonchev–Trinajstić information content (AvgIpc) is 2.79. The molecule has 2 aromatic rings. The molecule has 1 heterocycles. The highest BCUT2D eigenvalue weighted by Crippen LogP contribution is 2.27. The van der Waals surface area contributed by atoms with Crippen LogP contribution in [0.5, 0.6) is 11.5 Å². The summed E-state index contributed by atoms with van der Waals surface area (Å²) in [6, 6.07) is 13.6. The number of carbonyl (C=O) groups excluding carboxylic acids is 1. The molecule has 0 bridgehead atoms. The molecule has 1 fully saturated rings. The highest BCUT2D eigenvalue weighted by Gasteiger charge is 2.33. The first kappa shape index (κ1) is 22.1. The third-order valence-electron chi connectivity index (χ3n) is 5.42. The van der Waals surface area contributed by atoms with E-state index in [0.29, 0.717) is 30.9 Å². The Hall–Kier alpha value is -2.58. The van der Waals surface area contributed by atoms with Gasteiger partial charge in [-0.05, 0) is 50.1 Å². The van der Waals surface area contributed by atoms with Crippen molar-refractivity contribution in [3.63, 3.8) is 0 Å². The van der Waals surface area contributed by atoms with Gasteiger partial charge in [-0.15, -0.1) is 0 Å². The number of nitrogens with one attached hydrogen (secondary N) is 1. The SMILES string of the molecule is COc1ccc(S(=O)(=O)N2CCCC(C(=O)NC(C)c3ccccc3OC)C2)cc1. The standard InChI is InChI=1S/C22H28N2O5S/c1-16(20-8-4-5-9-21(20)29-3)23-22(25)17-7-6-14-24(15-17)30(26,27)19-12-10-18(28-2)11-13-19/h4-5,8-13,16-17H,6-7,14-15H2,1-3H3,(H,23,25). The fourth-order valence-electron chi connectivity index (χ4n) is 3.70. The minimum atomic E-state index is -3.67. The van der Waals surface area contributed by atoms with E-state index in [0.717, 1.165) is 5.56 Å². The van der Waals surface area contributed by atoms with Gasteiger partial charge >= 0.3 is 0 Å². The summed E-state index contributed by atoms with van der Waals surface area (Å²) in [4.78, 5) is 13.1. The molecule has 0 spiro atoms. The first-order chi connectivity index (χ1) is 14.4. The van der Waals surface area contributed by atoms with Gasteiger partial charge in [0.25, 0.3) is 0 Å². The molecule has 0 radical (unpaired) electrons. The van der Waals surface area contributed by atoms with Crippen molar-refractivity contribution in [2.75, 3.05) is 27.3 Å². The molecule has 1 aliphatic rings. The summed E-state index contributed by atoms with van der Waals surface area (Å²) in [6.45, 7) is 2.46. The number of hydrogen-bond donors (Lipinski definition) is 1. The molecule has 0 aromatic heterocycles. The number of nitrogens with zero attached hydrogens (tertiary/aromatic N) is 1. The van der Waals surface area contributed by atoms with Crippen LogP contribution in [0.4, 0.5) is 0 Å². The van der Waals surface area contributed by atoms with Crippen molar-refractivity contribution in [2.24, 2.45) is 5.92 Å². The Morgan fingerprint density at radius 3 is 2.47 bits per heavy atom. The monoisotopic (exact) mass is 432 g/mol. The van der Waals surface area contributed by atoms with E-state index in [4.69, 9.17) is 9.47 Å². The van der Waals surface area contributed by atoms with E-state index in [2.05, 4.69) is 5.32 Å². The molecule has 0 saturated carbocycles. The van der Waals surface area contributed by atoms with Crippen LogP contribution in [0.3, 0.4) is 0 Å². The van der Waals surface area contributed by atoms with Gasteiger partial charge in [0.1, 0.15) is 11.5 Å². The number of rotatable bonds is 7. The lowest BCUT2D eigenvalue weighted by atomic mass is 9.97. The Labute approximate surface area is 178 Å². The highest BCUT2D eigenvalue weighted by molar-refractivity contribution is 7.89. The van der Waals surface area contributed by atoms with E-state index in [9.17, 15) is 13.2 Å². The fraction of sp³-hybridized carbons (Fsp3) is 0.409. The number of amides is 1. The number of piperidine rings is 1. The van der Waals surface area contributed by atoms with Crippen molar-refractivity contribution in [2.45, 2.75) is 30.7 Å². The summed E-state index contributed by atoms with van der Waals surface area (Å²) in [5.74, 6) is 0.750. The topological polar surface area (TPSA) is 84.9 Å². The lowest BCUT2D eigenvalue weighted by Gasteiger charge is -2.32. The summed E-state index contributed by atoms with van der Waals surface area (Å²) >= 11 is 0. The Kier molecular flexibility index (Phi) is 6.99. The second-order valence-corrected chi connectivity index (χ2v) is 9.29. The average molecular weight is 433 g/mol. The van der Waals surface area contributed by atoms with Crippen LogP contribution in [0.25, 0.3) is 0 Å². The smallest absolute Gasteiger partial charge is 0.243 e. The third kappa shape index (κ3) is 4.76. The second-order valence-electron chi connectivity index (χ2n) is 7.35. The predicted molar refractivity (Wildman–Crippen MR) is 114 cm³/mol. The molecule has 0 aliphatic carbocycles. The molecular formula is C22H28N2O5S. The maximum absolute atomic E-state index is 13.0. The first-order valence-electron chi connectivity index (χ1n) is 9.94. The zero-order valence-electron chi connectivity index (χ0n) is 17.5. The largest absolute Gasteiger partial charge is 0.497 e. The molecule has 2 aromatic carbocycles. The van der Waals surface area contributed by atoms with Gasteiger partial charge < -0.3 is 14.8 Å². The number of carbonyl (C=O) groups is 1. The van der Waals surface area contributed by atoms with Crippen LogP contribution in [-0.2, 0) is 14.8 Å². The Morgan fingerprint density at radius 2 is 1.80 bits per heavy atom. The van der Waals surface area contributed by atoms with Gasteiger partial charge in [0, 0.05) is 18.7 Å². The molecule has 1 amide bonds. The number of ether oxygens (including phenoxy) is 2. The van der Waals surface area contributed by atoms with E-state index < -0.39 is 15.9 Å². The van der Waals surface area contributed by atoms with Crippen molar-refractivity contribution in [1.29, 1.82) is 0 Å². The molecule has 30 heavy (non-hydrogen) atoms. The maximum Gasteiger partial charge on any atom is 0.243 e. The Bertz CT molecular complexity index is 975. The van der Waals surface area contributed by atoms with Crippen LogP contribution in [0.15, 0.2) is 53.4 Å². The normalized spacial score (nSPS) is 18.4. The lowest BCUT2D eigenvalue weighted by molar-refractivity contribution is -0.126. The minimum absolute atomic E-state index is 0.150. The highest BCUT2D eigenvalue weighted by atomic mass is 32.2. The van der Waals surface area contributed by atoms with Gasteiger partial charge in [-0.25, -0.2) is 8.42 Å². The number of hydrogen-bond acceptors (Lipinski definition) is 5. The van der Waals surface area contributed by atoms with E-state index in [1.165, 1.54) is 23.5 Å². The van der Waals surface area contributed by atoms with E-state index in [-0.39, 0.29) is 23.4 Å². The summed E-state index contributed by atoms with van der Waals surface area (Å²) in [5, 5.41) is 3.01. The number of benzene rings is 2. The van der Waals surface area contributed by atoms with Crippen LogP contribution in [-0.4, -0.2) is 45.9 Å². The quantitative estimate of drug-likeness (QED) is 0.727. The van der Waals surface area contributed by atoms with Gasteiger partial charge in [-0.3, -0.25) is 4.79 Å². The van der Waals surface area contributed by atoms with Crippen molar-refractivity contribution in [3.8, 4) is 11.5 Å². The Balaban J connectivity index is 1.69. The van der Waals surface area contributed by atoms with Crippen molar-refractivity contribution < 1.29 is 22.7 Å². The van der Waals surface area contributed by atoms with Crippen LogP contribution in [0, 0.1) is 5.92 Å². The lowest BCUT2D eigenvalue weighted by Crippen LogP contribution is -2.45. The summed E-state index contributed by atoms with van der Waals surface area (Å²) in [7, 11) is -0.542. The van der Waals surface area contributed by atoms with Gasteiger partial charge in [-0.2, -0.15) is 4.31 Å². The van der Waals surface area contributed by atoms with Gasteiger partial charge in [-0.1, -0.05) is 18.2 Å². The van der Waals surface area contributed by atoms with Gasteiger partial charge in [0.15, 0.2) is 0 Å². The molecule has 8 heteroatoms. The zero-order valence-corrected chi connectivity index (χ0v) is 18.3. The van der Waals surface area contributed by atoms with Crippen LogP contribution in [0.2, 0.25) is 0 Å². The Morgan fingerprint density at radius 1 is 1.10 bits per heavy atom. The van der Waals surface area contributed by atoms with E-state index in [1.807, 2.05) is 31.2 Å². The molecule has 2 unspecified atom stereocenters. The fourth-order valence-corrected chi connectivity index (χ4v) is 5.23. The van der Waals surface area contributed by atoms with E-state index in [1.54, 1.807) is 19.2 Å². The molecule has 162 valence electrons. The molecular weight excluding hydrogens is 404 g/mol. The second kappa shape index (κ2) is 9.49. The minimum Gasteiger partial charge on any atom is -0.497 e. The number of methoxy groups -OCH3 is 2. The van der Waals surface area contributed by atoms with Crippen LogP contribution < -0.4 is 14.8 Å².